The second-order valence-corrected chi connectivity index (χ2v) is 7.71. The predicted molar refractivity (Wildman–Crippen MR) is 122 cm³/mol. The molecular formula is C24H25N3O6. The largest absolute Gasteiger partial charge is 0.481 e. The molecule has 0 bridgehead atoms. The summed E-state index contributed by atoms with van der Waals surface area (Å²) in [5.41, 5.74) is 8.49. The zero-order valence-corrected chi connectivity index (χ0v) is 18.2. The number of ketones is 1. The van der Waals surface area contributed by atoms with E-state index in [0.717, 1.165) is 5.56 Å². The van der Waals surface area contributed by atoms with Crippen LogP contribution in [-0.2, 0) is 16.0 Å². The van der Waals surface area contributed by atoms with Gasteiger partial charge in [-0.25, -0.2) is 4.79 Å². The topological polar surface area (TPSA) is 148 Å². The van der Waals surface area contributed by atoms with Crippen LogP contribution in [0.1, 0.15) is 58.0 Å². The van der Waals surface area contributed by atoms with Crippen LogP contribution in [0.3, 0.4) is 0 Å². The van der Waals surface area contributed by atoms with Crippen molar-refractivity contribution in [3.8, 4) is 0 Å². The van der Waals surface area contributed by atoms with E-state index in [-0.39, 0.29) is 30.6 Å². The molecule has 0 aliphatic heterocycles. The number of nitrogens with one attached hydrogen (secondary N) is 1. The molecule has 4 N–H and O–H groups in total. The van der Waals surface area contributed by atoms with Crippen LogP contribution in [0.2, 0.25) is 0 Å². The third kappa shape index (κ3) is 6.03. The Hall–Kier alpha value is -4.01. The summed E-state index contributed by atoms with van der Waals surface area (Å²) in [6.45, 7) is 2.13. The molecule has 1 aliphatic rings. The first kappa shape index (κ1) is 23.6. The first-order valence-electron chi connectivity index (χ1n) is 10.6. The van der Waals surface area contributed by atoms with Crippen molar-refractivity contribution in [2.24, 2.45) is 16.6 Å². The number of aliphatic imine (C=N–C) groups is 1. The zero-order valence-electron chi connectivity index (χ0n) is 18.2. The number of amides is 2. The number of ether oxygens (including phenoxy) is 1. The number of carbonyl (C=O) groups is 4. The molecule has 2 aromatic carbocycles. The molecule has 172 valence electrons. The number of nitrogens with zero attached hydrogens (tertiary/aromatic N) is 1. The molecule has 9 nitrogen and oxygen atoms in total. The van der Waals surface area contributed by atoms with Crippen molar-refractivity contribution in [3.05, 3.63) is 64.7 Å². The highest BCUT2D eigenvalue weighted by Gasteiger charge is 2.29. The quantitative estimate of drug-likeness (QED) is 0.431. The number of Topliss-reactive ketones (excluding diaryl/α,β-unsaturated/α-hetero) is 1. The van der Waals surface area contributed by atoms with E-state index in [0.29, 0.717) is 41.6 Å². The van der Waals surface area contributed by atoms with Gasteiger partial charge in [0.1, 0.15) is 5.84 Å². The Morgan fingerprint density at radius 3 is 2.52 bits per heavy atom. The van der Waals surface area contributed by atoms with Crippen LogP contribution in [-0.4, -0.2) is 41.3 Å². The molecule has 0 spiro atoms. The maximum Gasteiger partial charge on any atom is 0.435 e. The summed E-state index contributed by atoms with van der Waals surface area (Å²) < 4.78 is 4.86. The molecule has 1 aliphatic carbocycles. The first-order chi connectivity index (χ1) is 15.8. The van der Waals surface area contributed by atoms with Crippen LogP contribution >= 0.6 is 0 Å². The number of benzene rings is 2. The first-order valence-corrected chi connectivity index (χ1v) is 10.6. The summed E-state index contributed by atoms with van der Waals surface area (Å²) in [7, 11) is 0. The zero-order chi connectivity index (χ0) is 24.0. The molecule has 0 heterocycles. The molecule has 0 radical (unpaired) electrons. The van der Waals surface area contributed by atoms with Crippen LogP contribution in [0, 0.1) is 5.92 Å². The van der Waals surface area contributed by atoms with Gasteiger partial charge in [0.15, 0.2) is 5.78 Å². The molecule has 1 atom stereocenters. The average Bonchev–Trinajstić information content (AvgIpc) is 2.79. The number of hydrogen-bond donors (Lipinski definition) is 3. The maximum atomic E-state index is 12.6. The number of amidine groups is 1. The van der Waals surface area contributed by atoms with Crippen molar-refractivity contribution < 1.29 is 29.0 Å². The standard InChI is InChI=1S/C24H25N3O6/c1-2-11-33-24(32)27-22(25)14-3-5-15(6-4-14)23(31)26-18-9-10-19-16(12-18)7-8-17(21(19)30)13-20(28)29/h3-6,9-10,12,17H,2,7-8,11,13H2,1H3,(H,26,31)(H,28,29)(H2,25,27,32). The molecule has 2 aromatic rings. The third-order valence-corrected chi connectivity index (χ3v) is 5.27. The number of anilines is 1. The number of carboxylic acids is 1. The number of aliphatic carboxylic acids is 1. The lowest BCUT2D eigenvalue weighted by atomic mass is 9.81. The van der Waals surface area contributed by atoms with Gasteiger partial charge in [-0.1, -0.05) is 19.1 Å². The van der Waals surface area contributed by atoms with E-state index in [2.05, 4.69) is 10.3 Å². The highest BCUT2D eigenvalue weighted by molar-refractivity contribution is 6.07. The van der Waals surface area contributed by atoms with Gasteiger partial charge in [0.25, 0.3) is 5.91 Å². The normalized spacial score (nSPS) is 15.5. The predicted octanol–water partition coefficient (Wildman–Crippen LogP) is 3.41. The molecule has 0 fully saturated rings. The molecule has 0 saturated heterocycles. The summed E-state index contributed by atoms with van der Waals surface area (Å²) in [6, 6.07) is 11.3. The average molecular weight is 451 g/mol. The van der Waals surface area contributed by atoms with Gasteiger partial charge in [0.2, 0.25) is 0 Å². The van der Waals surface area contributed by atoms with Crippen LogP contribution in [0.4, 0.5) is 10.5 Å². The molecule has 1 unspecified atom stereocenters. The highest BCUT2D eigenvalue weighted by Crippen LogP contribution is 2.29. The molecular weight excluding hydrogens is 426 g/mol. The molecule has 0 saturated carbocycles. The van der Waals surface area contributed by atoms with Crippen LogP contribution in [0.5, 0.6) is 0 Å². The lowest BCUT2D eigenvalue weighted by Gasteiger charge is -2.22. The lowest BCUT2D eigenvalue weighted by Crippen LogP contribution is -2.25. The Bertz CT molecular complexity index is 1110. The van der Waals surface area contributed by atoms with E-state index >= 15 is 0 Å². The summed E-state index contributed by atoms with van der Waals surface area (Å²) in [5, 5.41) is 11.8. The number of fused-ring (bicyclic) bond motifs is 1. The highest BCUT2D eigenvalue weighted by atomic mass is 16.5. The SMILES string of the molecule is CCCOC(=O)/N=C(/N)c1ccc(C(=O)Nc2ccc3c(c2)CCC(CC(=O)O)C3=O)cc1. The fourth-order valence-corrected chi connectivity index (χ4v) is 3.59. The van der Waals surface area contributed by atoms with E-state index < -0.39 is 18.0 Å². The second kappa shape index (κ2) is 10.5. The molecule has 0 aromatic heterocycles. The number of nitrogens with two attached hydrogens (primary N) is 1. The monoisotopic (exact) mass is 451 g/mol. The smallest absolute Gasteiger partial charge is 0.435 e. The van der Waals surface area contributed by atoms with Crippen molar-refractivity contribution in [1.29, 1.82) is 0 Å². The van der Waals surface area contributed by atoms with Gasteiger partial charge >= 0.3 is 12.1 Å². The Morgan fingerprint density at radius 2 is 1.85 bits per heavy atom. The fraction of sp³-hybridized carbons (Fsp3) is 0.292. The fourth-order valence-electron chi connectivity index (χ4n) is 3.59. The molecule has 3 rings (SSSR count). The van der Waals surface area contributed by atoms with Crippen molar-refractivity contribution in [1.82, 2.24) is 0 Å². The minimum atomic E-state index is -0.990. The molecule has 33 heavy (non-hydrogen) atoms. The third-order valence-electron chi connectivity index (χ3n) is 5.27. The van der Waals surface area contributed by atoms with Gasteiger partial charge in [-0.3, -0.25) is 14.4 Å². The molecule has 9 heteroatoms. The van der Waals surface area contributed by atoms with Crippen molar-refractivity contribution in [2.45, 2.75) is 32.6 Å². The van der Waals surface area contributed by atoms with Gasteiger partial charge in [-0.2, -0.15) is 4.99 Å². The van der Waals surface area contributed by atoms with Gasteiger partial charge in [0, 0.05) is 28.3 Å². The number of hydrogen-bond acceptors (Lipinski definition) is 5. The van der Waals surface area contributed by atoms with Crippen LogP contribution < -0.4 is 11.1 Å². The Kier molecular flexibility index (Phi) is 7.55. The maximum absolute atomic E-state index is 12.6. The van der Waals surface area contributed by atoms with Crippen molar-refractivity contribution >= 4 is 35.3 Å². The van der Waals surface area contributed by atoms with Gasteiger partial charge in [0.05, 0.1) is 13.0 Å². The molecule has 2 amide bonds. The summed E-state index contributed by atoms with van der Waals surface area (Å²) in [5.74, 6) is -2.05. The van der Waals surface area contributed by atoms with Gasteiger partial charge < -0.3 is 20.9 Å². The minimum absolute atomic E-state index is 0.0105. The van der Waals surface area contributed by atoms with Gasteiger partial charge in [-0.05, 0) is 55.2 Å². The van der Waals surface area contributed by atoms with Crippen molar-refractivity contribution in [2.75, 3.05) is 11.9 Å². The van der Waals surface area contributed by atoms with E-state index in [9.17, 15) is 19.2 Å². The van der Waals surface area contributed by atoms with E-state index in [4.69, 9.17) is 15.6 Å². The van der Waals surface area contributed by atoms with Crippen molar-refractivity contribution in [3.63, 3.8) is 0 Å². The van der Waals surface area contributed by atoms with Crippen LogP contribution in [0.25, 0.3) is 0 Å². The lowest BCUT2D eigenvalue weighted by molar-refractivity contribution is -0.137. The summed E-state index contributed by atoms with van der Waals surface area (Å²) >= 11 is 0. The Balaban J connectivity index is 1.66. The number of rotatable bonds is 7. The Morgan fingerprint density at radius 1 is 1.15 bits per heavy atom. The Labute approximate surface area is 190 Å². The van der Waals surface area contributed by atoms with Gasteiger partial charge in [-0.15, -0.1) is 0 Å². The van der Waals surface area contributed by atoms with E-state index in [1.54, 1.807) is 42.5 Å². The summed E-state index contributed by atoms with van der Waals surface area (Å²) in [6.07, 6.45) is 0.762. The summed E-state index contributed by atoms with van der Waals surface area (Å²) in [4.78, 5) is 51.3. The van der Waals surface area contributed by atoms with E-state index in [1.807, 2.05) is 6.92 Å². The van der Waals surface area contributed by atoms with Crippen LogP contribution in [0.15, 0.2) is 47.5 Å². The number of carboxylic acid groups (broad SMARTS) is 1. The minimum Gasteiger partial charge on any atom is -0.481 e. The second-order valence-electron chi connectivity index (χ2n) is 7.71. The van der Waals surface area contributed by atoms with E-state index in [1.165, 1.54) is 0 Å². The number of aryl methyl sites for hydroxylation is 1. The number of carbonyl (C=O) groups excluding carboxylic acids is 3.